The molecule has 0 aliphatic carbocycles. The molecule has 0 aromatic heterocycles. The Balaban J connectivity index is 1.54. The van der Waals surface area contributed by atoms with Gasteiger partial charge in [0, 0.05) is 12.1 Å². The summed E-state index contributed by atoms with van der Waals surface area (Å²) in [6.45, 7) is 4.94. The zero-order valence-electron chi connectivity index (χ0n) is 16.5. The van der Waals surface area contributed by atoms with Gasteiger partial charge in [-0.1, -0.05) is 72.6 Å². The fourth-order valence-electron chi connectivity index (χ4n) is 4.18. The molecule has 1 unspecified atom stereocenters. The summed E-state index contributed by atoms with van der Waals surface area (Å²) < 4.78 is 0. The van der Waals surface area contributed by atoms with Gasteiger partial charge in [0.2, 0.25) is 0 Å². The molecule has 3 aromatic carbocycles. The molecule has 1 N–H and O–H groups in total. The first-order chi connectivity index (χ1) is 13.7. The van der Waals surface area contributed by atoms with E-state index in [9.17, 15) is 4.79 Å². The van der Waals surface area contributed by atoms with Gasteiger partial charge in [-0.25, -0.2) is 0 Å². The molecule has 1 aliphatic rings. The number of aryl methyl sites for hydroxylation is 1. The van der Waals surface area contributed by atoms with E-state index in [0.29, 0.717) is 6.54 Å². The maximum Gasteiger partial charge on any atom is 0.251 e. The summed E-state index contributed by atoms with van der Waals surface area (Å²) in [6.07, 6.45) is 3.78. The molecular weight excluding hydrogens is 344 g/mol. The van der Waals surface area contributed by atoms with Crippen LogP contribution in [-0.2, 0) is 0 Å². The van der Waals surface area contributed by atoms with Crippen molar-refractivity contribution in [1.82, 2.24) is 10.2 Å². The van der Waals surface area contributed by atoms with Crippen molar-refractivity contribution < 1.29 is 4.79 Å². The third-order valence-corrected chi connectivity index (χ3v) is 5.78. The second kappa shape index (κ2) is 8.57. The molecule has 1 aliphatic heterocycles. The summed E-state index contributed by atoms with van der Waals surface area (Å²) in [5.74, 6) is 0.00548. The van der Waals surface area contributed by atoms with E-state index in [1.807, 2.05) is 30.3 Å². The van der Waals surface area contributed by atoms with Crippen molar-refractivity contribution in [2.24, 2.45) is 0 Å². The smallest absolute Gasteiger partial charge is 0.251 e. The molecule has 0 saturated carbocycles. The van der Waals surface area contributed by atoms with Crippen LogP contribution in [0.3, 0.4) is 0 Å². The van der Waals surface area contributed by atoms with Crippen LogP contribution in [0.2, 0.25) is 0 Å². The Hall–Kier alpha value is -2.65. The first-order valence-corrected chi connectivity index (χ1v) is 10.3. The SMILES string of the molecule is Cc1ccc(C(CNC(=O)c2cccc3ccccc23)N2CCCCC2)cc1. The lowest BCUT2D eigenvalue weighted by Gasteiger charge is -2.35. The van der Waals surface area contributed by atoms with E-state index in [-0.39, 0.29) is 11.9 Å². The number of hydrogen-bond donors (Lipinski definition) is 1. The molecule has 1 saturated heterocycles. The average Bonchev–Trinajstić information content (AvgIpc) is 2.75. The Morgan fingerprint density at radius 2 is 1.64 bits per heavy atom. The van der Waals surface area contributed by atoms with Gasteiger partial charge >= 0.3 is 0 Å². The van der Waals surface area contributed by atoms with E-state index in [2.05, 4.69) is 53.5 Å². The molecule has 3 aromatic rings. The summed E-state index contributed by atoms with van der Waals surface area (Å²) >= 11 is 0. The van der Waals surface area contributed by atoms with Crippen molar-refractivity contribution in [3.05, 3.63) is 83.4 Å². The molecule has 3 heteroatoms. The molecule has 144 valence electrons. The van der Waals surface area contributed by atoms with Crippen molar-refractivity contribution in [2.75, 3.05) is 19.6 Å². The molecular formula is C25H28N2O. The van der Waals surface area contributed by atoms with Gasteiger partial charge in [0.15, 0.2) is 0 Å². The monoisotopic (exact) mass is 372 g/mol. The quantitative estimate of drug-likeness (QED) is 0.675. The zero-order chi connectivity index (χ0) is 19.3. The van der Waals surface area contributed by atoms with Gasteiger partial charge in [0.1, 0.15) is 0 Å². The summed E-state index contributed by atoms with van der Waals surface area (Å²) in [5, 5.41) is 5.33. The number of likely N-dealkylation sites (tertiary alicyclic amines) is 1. The number of amides is 1. The fourth-order valence-corrected chi connectivity index (χ4v) is 4.18. The Morgan fingerprint density at radius 3 is 2.43 bits per heavy atom. The van der Waals surface area contributed by atoms with E-state index < -0.39 is 0 Å². The number of carbonyl (C=O) groups excluding carboxylic acids is 1. The van der Waals surface area contributed by atoms with Crippen molar-refractivity contribution in [2.45, 2.75) is 32.2 Å². The lowest BCUT2D eigenvalue weighted by Crippen LogP contribution is -2.40. The fraction of sp³-hybridized carbons (Fsp3) is 0.320. The topological polar surface area (TPSA) is 32.3 Å². The average molecular weight is 373 g/mol. The van der Waals surface area contributed by atoms with Crippen molar-refractivity contribution in [3.8, 4) is 0 Å². The first-order valence-electron chi connectivity index (χ1n) is 10.3. The number of benzene rings is 3. The lowest BCUT2D eigenvalue weighted by atomic mass is 10.00. The summed E-state index contributed by atoms with van der Waals surface area (Å²) in [7, 11) is 0. The summed E-state index contributed by atoms with van der Waals surface area (Å²) in [5.41, 5.74) is 3.30. The number of piperidine rings is 1. The highest BCUT2D eigenvalue weighted by atomic mass is 16.1. The first kappa shape index (κ1) is 18.7. The van der Waals surface area contributed by atoms with Crippen LogP contribution in [-0.4, -0.2) is 30.4 Å². The Labute approximate surface area is 167 Å². The highest BCUT2D eigenvalue weighted by molar-refractivity contribution is 6.07. The van der Waals surface area contributed by atoms with E-state index >= 15 is 0 Å². The molecule has 1 amide bonds. The second-order valence-corrected chi connectivity index (χ2v) is 7.76. The molecule has 3 nitrogen and oxygen atoms in total. The van der Waals surface area contributed by atoms with Gasteiger partial charge in [-0.05, 0) is 55.3 Å². The van der Waals surface area contributed by atoms with Crippen LogP contribution in [0.15, 0.2) is 66.7 Å². The van der Waals surface area contributed by atoms with Crippen LogP contribution < -0.4 is 5.32 Å². The number of nitrogens with one attached hydrogen (secondary N) is 1. The minimum absolute atomic E-state index is 0.00548. The minimum Gasteiger partial charge on any atom is -0.350 e. The third-order valence-electron chi connectivity index (χ3n) is 5.78. The van der Waals surface area contributed by atoms with Crippen LogP contribution in [0.5, 0.6) is 0 Å². The Morgan fingerprint density at radius 1 is 0.929 bits per heavy atom. The number of fused-ring (bicyclic) bond motifs is 1. The van der Waals surface area contributed by atoms with Crippen LogP contribution in [0.1, 0.15) is 46.8 Å². The van der Waals surface area contributed by atoms with E-state index in [4.69, 9.17) is 0 Å². The minimum atomic E-state index is 0.00548. The molecule has 4 rings (SSSR count). The zero-order valence-corrected chi connectivity index (χ0v) is 16.5. The van der Waals surface area contributed by atoms with E-state index in [1.54, 1.807) is 0 Å². The molecule has 1 atom stereocenters. The van der Waals surface area contributed by atoms with Gasteiger partial charge in [0.25, 0.3) is 5.91 Å². The highest BCUT2D eigenvalue weighted by Crippen LogP contribution is 2.25. The standard InChI is InChI=1S/C25H28N2O/c1-19-12-14-21(15-13-19)24(27-16-5-2-6-17-27)18-26-25(28)23-11-7-9-20-8-3-4-10-22(20)23/h3-4,7-15,24H,2,5-6,16-18H2,1H3,(H,26,28). The van der Waals surface area contributed by atoms with Crippen molar-refractivity contribution >= 4 is 16.7 Å². The summed E-state index contributed by atoms with van der Waals surface area (Å²) in [6, 6.07) is 23.0. The Bertz CT molecular complexity index is 937. The molecule has 28 heavy (non-hydrogen) atoms. The maximum atomic E-state index is 13.0. The number of nitrogens with zero attached hydrogens (tertiary/aromatic N) is 1. The van der Waals surface area contributed by atoms with Crippen LogP contribution in [0.4, 0.5) is 0 Å². The largest absolute Gasteiger partial charge is 0.350 e. The lowest BCUT2D eigenvalue weighted by molar-refractivity contribution is 0.0926. The van der Waals surface area contributed by atoms with Gasteiger partial charge < -0.3 is 5.32 Å². The van der Waals surface area contributed by atoms with Crippen LogP contribution >= 0.6 is 0 Å². The molecule has 0 radical (unpaired) electrons. The van der Waals surface area contributed by atoms with Crippen LogP contribution in [0, 0.1) is 6.92 Å². The molecule has 1 heterocycles. The Kier molecular flexibility index (Phi) is 5.73. The van der Waals surface area contributed by atoms with Crippen molar-refractivity contribution in [1.29, 1.82) is 0 Å². The number of rotatable bonds is 5. The van der Waals surface area contributed by atoms with Crippen molar-refractivity contribution in [3.63, 3.8) is 0 Å². The van der Waals surface area contributed by atoms with Crippen LogP contribution in [0.25, 0.3) is 10.8 Å². The van der Waals surface area contributed by atoms with E-state index in [1.165, 1.54) is 30.4 Å². The molecule has 0 bridgehead atoms. The predicted octanol–water partition coefficient (Wildman–Crippen LogP) is 5.11. The second-order valence-electron chi connectivity index (χ2n) is 7.76. The maximum absolute atomic E-state index is 13.0. The highest BCUT2D eigenvalue weighted by Gasteiger charge is 2.23. The van der Waals surface area contributed by atoms with Gasteiger partial charge in [0.05, 0.1) is 6.04 Å². The number of hydrogen-bond acceptors (Lipinski definition) is 2. The van der Waals surface area contributed by atoms with Gasteiger partial charge in [-0.3, -0.25) is 9.69 Å². The van der Waals surface area contributed by atoms with Gasteiger partial charge in [-0.15, -0.1) is 0 Å². The molecule has 0 spiro atoms. The molecule has 1 fully saturated rings. The number of carbonyl (C=O) groups is 1. The normalized spacial score (nSPS) is 16.0. The van der Waals surface area contributed by atoms with E-state index in [0.717, 1.165) is 29.4 Å². The predicted molar refractivity (Wildman–Crippen MR) is 116 cm³/mol. The van der Waals surface area contributed by atoms with Gasteiger partial charge in [-0.2, -0.15) is 0 Å². The summed E-state index contributed by atoms with van der Waals surface area (Å²) in [4.78, 5) is 15.5. The third kappa shape index (κ3) is 4.10.